The van der Waals surface area contributed by atoms with E-state index in [9.17, 15) is 14.3 Å². The smallest absolute Gasteiger partial charge is 0.311 e. The van der Waals surface area contributed by atoms with E-state index < -0.39 is 23.8 Å². The maximum absolute atomic E-state index is 12.9. The third-order valence-electron chi connectivity index (χ3n) is 2.75. The van der Waals surface area contributed by atoms with Crippen LogP contribution in [0.15, 0.2) is 18.2 Å². The molecule has 1 aromatic carbocycles. The van der Waals surface area contributed by atoms with Crippen molar-refractivity contribution in [2.45, 2.75) is 12.5 Å². The summed E-state index contributed by atoms with van der Waals surface area (Å²) < 4.78 is 17.5. The van der Waals surface area contributed by atoms with Gasteiger partial charge in [0.15, 0.2) is 0 Å². The molecule has 1 aliphatic carbocycles. The molecular weight excluding hydrogens is 199 g/mol. The van der Waals surface area contributed by atoms with Gasteiger partial charge in [0.1, 0.15) is 5.82 Å². The Morgan fingerprint density at radius 1 is 1.60 bits per heavy atom. The SMILES string of the molecule is COC(=O)C1Cc2ccc(F)cc2C1O. The Balaban J connectivity index is 2.33. The molecule has 2 atom stereocenters. The van der Waals surface area contributed by atoms with E-state index in [0.29, 0.717) is 12.0 Å². The number of rotatable bonds is 1. The number of hydrogen-bond donors (Lipinski definition) is 1. The molecule has 0 bridgehead atoms. The van der Waals surface area contributed by atoms with E-state index in [1.54, 1.807) is 6.07 Å². The zero-order valence-electron chi connectivity index (χ0n) is 8.24. The summed E-state index contributed by atoms with van der Waals surface area (Å²) in [6.45, 7) is 0. The number of fused-ring (bicyclic) bond motifs is 1. The number of carbonyl (C=O) groups excluding carboxylic acids is 1. The van der Waals surface area contributed by atoms with Crippen molar-refractivity contribution in [3.63, 3.8) is 0 Å². The van der Waals surface area contributed by atoms with Gasteiger partial charge >= 0.3 is 5.97 Å². The van der Waals surface area contributed by atoms with Gasteiger partial charge in [-0.15, -0.1) is 0 Å². The topological polar surface area (TPSA) is 46.5 Å². The molecule has 4 heteroatoms. The lowest BCUT2D eigenvalue weighted by Crippen LogP contribution is -2.20. The highest BCUT2D eigenvalue weighted by Gasteiger charge is 2.36. The van der Waals surface area contributed by atoms with Crippen LogP contribution in [0.5, 0.6) is 0 Å². The molecule has 1 aromatic rings. The summed E-state index contributed by atoms with van der Waals surface area (Å²) >= 11 is 0. The predicted molar refractivity (Wildman–Crippen MR) is 50.6 cm³/mol. The fourth-order valence-corrected chi connectivity index (χ4v) is 1.96. The molecule has 1 N–H and O–H groups in total. The molecule has 0 aromatic heterocycles. The number of aliphatic hydroxyl groups is 1. The fraction of sp³-hybridized carbons (Fsp3) is 0.364. The van der Waals surface area contributed by atoms with Gasteiger partial charge < -0.3 is 9.84 Å². The molecule has 0 radical (unpaired) electrons. The number of aliphatic hydroxyl groups excluding tert-OH is 1. The fourth-order valence-electron chi connectivity index (χ4n) is 1.96. The minimum atomic E-state index is -0.955. The Morgan fingerprint density at radius 2 is 2.33 bits per heavy atom. The predicted octanol–water partition coefficient (Wildman–Crippen LogP) is 1.20. The molecule has 0 aliphatic heterocycles. The number of hydrogen-bond acceptors (Lipinski definition) is 3. The average molecular weight is 210 g/mol. The third kappa shape index (κ3) is 1.61. The molecule has 0 saturated carbocycles. The van der Waals surface area contributed by atoms with Crippen LogP contribution in [0.4, 0.5) is 4.39 Å². The maximum Gasteiger partial charge on any atom is 0.311 e. The Kier molecular flexibility index (Phi) is 2.44. The Hall–Kier alpha value is -1.42. The van der Waals surface area contributed by atoms with Gasteiger partial charge in [-0.1, -0.05) is 6.07 Å². The Bertz CT molecular complexity index is 403. The first kappa shape index (κ1) is 10.1. The molecular formula is C11H11FO3. The summed E-state index contributed by atoms with van der Waals surface area (Å²) in [5, 5.41) is 9.80. The van der Waals surface area contributed by atoms with Crippen molar-refractivity contribution in [3.8, 4) is 0 Å². The number of methoxy groups -OCH3 is 1. The van der Waals surface area contributed by atoms with Gasteiger partial charge in [0, 0.05) is 0 Å². The molecule has 3 nitrogen and oxygen atoms in total. The normalized spacial score (nSPS) is 23.7. The lowest BCUT2D eigenvalue weighted by atomic mass is 10.0. The number of halogens is 1. The Labute approximate surface area is 86.5 Å². The first-order valence-electron chi connectivity index (χ1n) is 4.67. The lowest BCUT2D eigenvalue weighted by molar-refractivity contribution is -0.148. The molecule has 15 heavy (non-hydrogen) atoms. The summed E-state index contributed by atoms with van der Waals surface area (Å²) in [5.41, 5.74) is 1.30. The number of benzene rings is 1. The van der Waals surface area contributed by atoms with Crippen LogP contribution in [0.25, 0.3) is 0 Å². The van der Waals surface area contributed by atoms with Gasteiger partial charge in [0.25, 0.3) is 0 Å². The molecule has 0 spiro atoms. The minimum absolute atomic E-state index is 0.404. The van der Waals surface area contributed by atoms with E-state index in [1.807, 2.05) is 0 Å². The first-order chi connectivity index (χ1) is 7.13. The molecule has 1 aliphatic rings. The second-order valence-corrected chi connectivity index (χ2v) is 3.62. The zero-order chi connectivity index (χ0) is 11.0. The van der Waals surface area contributed by atoms with Crippen LogP contribution in [-0.4, -0.2) is 18.2 Å². The van der Waals surface area contributed by atoms with Crippen LogP contribution >= 0.6 is 0 Å². The van der Waals surface area contributed by atoms with Gasteiger partial charge in [-0.05, 0) is 29.7 Å². The average Bonchev–Trinajstić information content (AvgIpc) is 2.55. The monoisotopic (exact) mass is 210 g/mol. The molecule has 2 rings (SSSR count). The molecule has 0 saturated heterocycles. The van der Waals surface area contributed by atoms with Crippen molar-refractivity contribution in [2.75, 3.05) is 7.11 Å². The second kappa shape index (κ2) is 3.62. The van der Waals surface area contributed by atoms with Crippen molar-refractivity contribution in [3.05, 3.63) is 35.1 Å². The minimum Gasteiger partial charge on any atom is -0.469 e. The maximum atomic E-state index is 12.9. The molecule has 0 heterocycles. The standard InChI is InChI=1S/C11H11FO3/c1-15-11(14)9-4-6-2-3-7(12)5-8(6)10(9)13/h2-3,5,9-10,13H,4H2,1H3. The number of esters is 1. The van der Waals surface area contributed by atoms with Crippen molar-refractivity contribution >= 4 is 5.97 Å². The summed E-state index contributed by atoms with van der Waals surface area (Å²) in [6, 6.07) is 4.19. The van der Waals surface area contributed by atoms with Crippen molar-refractivity contribution in [2.24, 2.45) is 5.92 Å². The van der Waals surface area contributed by atoms with Gasteiger partial charge in [0.2, 0.25) is 0 Å². The van der Waals surface area contributed by atoms with E-state index >= 15 is 0 Å². The van der Waals surface area contributed by atoms with Gasteiger partial charge in [0.05, 0.1) is 19.1 Å². The molecule has 2 unspecified atom stereocenters. The highest BCUT2D eigenvalue weighted by atomic mass is 19.1. The summed E-state index contributed by atoms with van der Waals surface area (Å²) in [6.07, 6.45) is -0.549. The number of ether oxygens (including phenoxy) is 1. The van der Waals surface area contributed by atoms with Crippen LogP contribution < -0.4 is 0 Å². The summed E-state index contributed by atoms with van der Waals surface area (Å²) in [7, 11) is 1.28. The van der Waals surface area contributed by atoms with Gasteiger partial charge in [-0.25, -0.2) is 4.39 Å². The van der Waals surface area contributed by atoms with E-state index in [0.717, 1.165) is 5.56 Å². The summed E-state index contributed by atoms with van der Waals surface area (Å²) in [4.78, 5) is 11.3. The van der Waals surface area contributed by atoms with Crippen LogP contribution in [0, 0.1) is 11.7 Å². The summed E-state index contributed by atoms with van der Waals surface area (Å²) in [5.74, 6) is -1.47. The van der Waals surface area contributed by atoms with Crippen molar-refractivity contribution < 1.29 is 19.0 Å². The van der Waals surface area contributed by atoms with Crippen LogP contribution in [-0.2, 0) is 16.0 Å². The van der Waals surface area contributed by atoms with E-state index in [-0.39, 0.29) is 0 Å². The van der Waals surface area contributed by atoms with Crippen LogP contribution in [0.1, 0.15) is 17.2 Å². The van der Waals surface area contributed by atoms with Crippen molar-refractivity contribution in [1.29, 1.82) is 0 Å². The molecule has 0 amide bonds. The van der Waals surface area contributed by atoms with Gasteiger partial charge in [-0.3, -0.25) is 4.79 Å². The van der Waals surface area contributed by atoms with E-state index in [4.69, 9.17) is 0 Å². The lowest BCUT2D eigenvalue weighted by Gasteiger charge is -2.11. The highest BCUT2D eigenvalue weighted by Crippen LogP contribution is 2.36. The quantitative estimate of drug-likeness (QED) is 0.708. The van der Waals surface area contributed by atoms with Crippen LogP contribution in [0.2, 0.25) is 0 Å². The first-order valence-corrected chi connectivity index (χ1v) is 4.67. The molecule has 0 fully saturated rings. The van der Waals surface area contributed by atoms with E-state index in [1.165, 1.54) is 19.2 Å². The van der Waals surface area contributed by atoms with Gasteiger partial charge in [-0.2, -0.15) is 0 Å². The van der Waals surface area contributed by atoms with Crippen molar-refractivity contribution in [1.82, 2.24) is 0 Å². The second-order valence-electron chi connectivity index (χ2n) is 3.62. The largest absolute Gasteiger partial charge is 0.469 e. The zero-order valence-corrected chi connectivity index (χ0v) is 8.24. The van der Waals surface area contributed by atoms with Crippen LogP contribution in [0.3, 0.4) is 0 Å². The highest BCUT2D eigenvalue weighted by molar-refractivity contribution is 5.75. The Morgan fingerprint density at radius 3 is 3.00 bits per heavy atom. The van der Waals surface area contributed by atoms with E-state index in [2.05, 4.69) is 4.74 Å². The third-order valence-corrected chi connectivity index (χ3v) is 2.75. The number of carbonyl (C=O) groups is 1. The molecule has 80 valence electrons.